The molecule has 1 aliphatic heterocycles. The van der Waals surface area contributed by atoms with E-state index in [0.29, 0.717) is 34.6 Å². The van der Waals surface area contributed by atoms with E-state index in [2.05, 4.69) is 20.4 Å². The van der Waals surface area contributed by atoms with Crippen molar-refractivity contribution in [3.05, 3.63) is 52.6 Å². The van der Waals surface area contributed by atoms with E-state index < -0.39 is 0 Å². The maximum absolute atomic E-state index is 12.9. The summed E-state index contributed by atoms with van der Waals surface area (Å²) >= 11 is 1.25. The van der Waals surface area contributed by atoms with Crippen LogP contribution < -0.4 is 5.32 Å². The molecule has 1 aromatic carbocycles. The Bertz CT molecular complexity index is 1060. The second-order valence-electron chi connectivity index (χ2n) is 7.10. The number of nitrogens with zero attached hydrogens (tertiary/aromatic N) is 4. The molecule has 9 nitrogen and oxygen atoms in total. The number of piperidine rings is 1. The molecule has 1 fully saturated rings. The molecule has 4 rings (SSSR count). The third kappa shape index (κ3) is 4.48. The highest BCUT2D eigenvalue weighted by Crippen LogP contribution is 2.30. The molecule has 3 aromatic rings. The minimum Gasteiger partial charge on any atom is -0.508 e. The van der Waals surface area contributed by atoms with Crippen molar-refractivity contribution in [3.8, 4) is 5.75 Å². The quantitative estimate of drug-likeness (QED) is 0.642. The van der Waals surface area contributed by atoms with Crippen LogP contribution in [-0.4, -0.2) is 43.5 Å². The molecule has 1 unspecified atom stereocenters. The highest BCUT2D eigenvalue weighted by Gasteiger charge is 2.31. The first kappa shape index (κ1) is 20.0. The molecule has 0 saturated carbocycles. The third-order valence-electron chi connectivity index (χ3n) is 4.88. The summed E-state index contributed by atoms with van der Waals surface area (Å²) in [5.74, 6) is 0.605. The minimum absolute atomic E-state index is 0.0148. The van der Waals surface area contributed by atoms with E-state index in [1.807, 2.05) is 0 Å². The van der Waals surface area contributed by atoms with Crippen molar-refractivity contribution < 1.29 is 19.2 Å². The number of hydrogen-bond donors (Lipinski definition) is 2. The highest BCUT2D eigenvalue weighted by molar-refractivity contribution is 7.14. The number of thiazole rings is 1. The number of aryl methyl sites for hydroxylation is 1. The van der Waals surface area contributed by atoms with Crippen LogP contribution in [-0.2, 0) is 11.2 Å². The third-order valence-corrected chi connectivity index (χ3v) is 5.68. The smallest absolute Gasteiger partial charge is 0.257 e. The van der Waals surface area contributed by atoms with Gasteiger partial charge in [-0.3, -0.25) is 14.9 Å². The Morgan fingerprint density at radius 2 is 2.20 bits per heavy atom. The van der Waals surface area contributed by atoms with E-state index >= 15 is 0 Å². The lowest BCUT2D eigenvalue weighted by molar-refractivity contribution is -0.134. The van der Waals surface area contributed by atoms with Crippen molar-refractivity contribution in [2.24, 2.45) is 0 Å². The number of aromatic nitrogens is 3. The molecule has 0 radical (unpaired) electrons. The number of anilines is 1. The van der Waals surface area contributed by atoms with Crippen molar-refractivity contribution in [1.82, 2.24) is 20.0 Å². The Labute approximate surface area is 176 Å². The summed E-state index contributed by atoms with van der Waals surface area (Å²) in [5, 5.41) is 18.4. The fourth-order valence-electron chi connectivity index (χ4n) is 3.47. The lowest BCUT2D eigenvalue weighted by atomic mass is 10.0. The van der Waals surface area contributed by atoms with E-state index in [-0.39, 0.29) is 30.0 Å². The lowest BCUT2D eigenvalue weighted by Gasteiger charge is -2.33. The van der Waals surface area contributed by atoms with Crippen LogP contribution in [0.25, 0.3) is 0 Å². The number of likely N-dealkylation sites (tertiary alicyclic amines) is 1. The largest absolute Gasteiger partial charge is 0.508 e. The number of phenolic OH excluding ortho intramolecular Hbond substituents is 1. The Kier molecular flexibility index (Phi) is 5.75. The van der Waals surface area contributed by atoms with Crippen LogP contribution in [0.2, 0.25) is 0 Å². The first-order valence-corrected chi connectivity index (χ1v) is 10.5. The first-order valence-electron chi connectivity index (χ1n) is 9.64. The molecule has 0 spiro atoms. The van der Waals surface area contributed by atoms with Crippen LogP contribution in [0.3, 0.4) is 0 Å². The minimum atomic E-state index is -0.373. The molecule has 1 aliphatic rings. The number of amides is 2. The van der Waals surface area contributed by atoms with Gasteiger partial charge in [0.05, 0.1) is 18.2 Å². The van der Waals surface area contributed by atoms with Crippen LogP contribution in [0.15, 0.2) is 34.2 Å². The van der Waals surface area contributed by atoms with Gasteiger partial charge in [0.1, 0.15) is 5.75 Å². The molecule has 156 valence electrons. The molecule has 3 heterocycles. The fourth-order valence-corrected chi connectivity index (χ4v) is 4.17. The van der Waals surface area contributed by atoms with E-state index in [9.17, 15) is 14.7 Å². The molecule has 2 amide bonds. The summed E-state index contributed by atoms with van der Waals surface area (Å²) in [6, 6.07) is 5.88. The van der Waals surface area contributed by atoms with Gasteiger partial charge in [0.25, 0.3) is 5.91 Å². The van der Waals surface area contributed by atoms with Gasteiger partial charge in [-0.2, -0.15) is 4.98 Å². The monoisotopic (exact) mass is 427 g/mol. The second kappa shape index (κ2) is 8.62. The maximum Gasteiger partial charge on any atom is 0.257 e. The molecule has 2 N–H and O–H groups in total. The zero-order valence-electron chi connectivity index (χ0n) is 16.4. The SMILES string of the molecule is Cc1nc(C2CCCCN2C(=O)Cc2csc(NC(=O)c3cccc(O)c3)n2)no1. The Balaban J connectivity index is 1.41. The Morgan fingerprint density at radius 1 is 1.33 bits per heavy atom. The van der Waals surface area contributed by atoms with Gasteiger partial charge in [-0.1, -0.05) is 11.2 Å². The average Bonchev–Trinajstić information content (AvgIpc) is 3.36. The van der Waals surface area contributed by atoms with Crippen molar-refractivity contribution in [1.29, 1.82) is 0 Å². The van der Waals surface area contributed by atoms with Crippen LogP contribution >= 0.6 is 11.3 Å². The lowest BCUT2D eigenvalue weighted by Crippen LogP contribution is -2.39. The summed E-state index contributed by atoms with van der Waals surface area (Å²) in [7, 11) is 0. The molecule has 1 saturated heterocycles. The molecule has 0 aliphatic carbocycles. The predicted molar refractivity (Wildman–Crippen MR) is 109 cm³/mol. The Hall–Kier alpha value is -3.27. The number of phenols is 1. The van der Waals surface area contributed by atoms with Crippen LogP contribution in [0, 0.1) is 6.92 Å². The molecule has 0 bridgehead atoms. The standard InChI is InChI=1S/C20H21N5O4S/c1-12-21-18(24-29-12)16-7-2-3-8-25(16)17(27)10-14-11-30-20(22-14)23-19(28)13-5-4-6-15(26)9-13/h4-6,9,11,16,26H,2-3,7-8,10H2,1H3,(H,22,23,28). The number of benzene rings is 1. The molecular formula is C20H21N5O4S. The molecule has 1 atom stereocenters. The van der Waals surface area contributed by atoms with Crippen molar-refractivity contribution >= 4 is 28.3 Å². The van der Waals surface area contributed by atoms with Crippen LogP contribution in [0.5, 0.6) is 5.75 Å². The van der Waals surface area contributed by atoms with E-state index in [1.54, 1.807) is 29.3 Å². The summed E-state index contributed by atoms with van der Waals surface area (Å²) in [4.78, 5) is 35.7. The summed E-state index contributed by atoms with van der Waals surface area (Å²) in [5.41, 5.74) is 0.916. The van der Waals surface area contributed by atoms with E-state index in [0.717, 1.165) is 19.3 Å². The fraction of sp³-hybridized carbons (Fsp3) is 0.350. The van der Waals surface area contributed by atoms with Crippen LogP contribution in [0.4, 0.5) is 5.13 Å². The Morgan fingerprint density at radius 3 is 2.97 bits per heavy atom. The summed E-state index contributed by atoms with van der Waals surface area (Å²) < 4.78 is 5.08. The van der Waals surface area contributed by atoms with Gasteiger partial charge in [-0.25, -0.2) is 4.98 Å². The van der Waals surface area contributed by atoms with Crippen molar-refractivity contribution in [2.45, 2.75) is 38.6 Å². The number of carbonyl (C=O) groups excluding carboxylic acids is 2. The normalized spacial score (nSPS) is 16.4. The zero-order valence-corrected chi connectivity index (χ0v) is 17.2. The molecule has 10 heteroatoms. The number of nitrogens with one attached hydrogen (secondary N) is 1. The van der Waals surface area contributed by atoms with Crippen molar-refractivity contribution in [3.63, 3.8) is 0 Å². The molecule has 2 aromatic heterocycles. The second-order valence-corrected chi connectivity index (χ2v) is 7.95. The average molecular weight is 427 g/mol. The molecule has 30 heavy (non-hydrogen) atoms. The van der Waals surface area contributed by atoms with Gasteiger partial charge in [0, 0.05) is 24.4 Å². The van der Waals surface area contributed by atoms with E-state index in [1.165, 1.54) is 23.5 Å². The van der Waals surface area contributed by atoms with Gasteiger partial charge in [-0.05, 0) is 37.5 Å². The zero-order chi connectivity index (χ0) is 21.1. The highest BCUT2D eigenvalue weighted by atomic mass is 32.1. The van der Waals surface area contributed by atoms with Gasteiger partial charge in [0.2, 0.25) is 11.8 Å². The number of carbonyl (C=O) groups is 2. The van der Waals surface area contributed by atoms with Crippen molar-refractivity contribution in [2.75, 3.05) is 11.9 Å². The first-order chi connectivity index (χ1) is 14.5. The van der Waals surface area contributed by atoms with Gasteiger partial charge >= 0.3 is 0 Å². The molecular weight excluding hydrogens is 406 g/mol. The summed E-state index contributed by atoms with van der Waals surface area (Å²) in [6.07, 6.45) is 2.87. The number of aromatic hydroxyl groups is 1. The summed E-state index contributed by atoms with van der Waals surface area (Å²) in [6.45, 7) is 2.37. The number of hydrogen-bond acceptors (Lipinski definition) is 8. The topological polar surface area (TPSA) is 121 Å². The van der Waals surface area contributed by atoms with Gasteiger partial charge in [0.15, 0.2) is 11.0 Å². The number of rotatable bonds is 5. The van der Waals surface area contributed by atoms with Gasteiger partial charge in [-0.15, -0.1) is 11.3 Å². The van der Waals surface area contributed by atoms with E-state index in [4.69, 9.17) is 4.52 Å². The predicted octanol–water partition coefficient (Wildman–Crippen LogP) is 3.09. The van der Waals surface area contributed by atoms with Crippen LogP contribution in [0.1, 0.15) is 53.1 Å². The maximum atomic E-state index is 12.9. The van der Waals surface area contributed by atoms with Gasteiger partial charge < -0.3 is 14.5 Å².